The van der Waals surface area contributed by atoms with E-state index in [0.717, 1.165) is 0 Å². The largest absolute Gasteiger partial charge is 0.504 e. The molecule has 0 radical (unpaired) electrons. The van der Waals surface area contributed by atoms with Crippen LogP contribution in [0.15, 0.2) is 18.2 Å². The van der Waals surface area contributed by atoms with Crippen molar-refractivity contribution in [1.82, 2.24) is 5.32 Å². The molecular formula is C12H15NO5. The minimum Gasteiger partial charge on any atom is -0.504 e. The topological polar surface area (TPSA) is 95.9 Å². The van der Waals surface area contributed by atoms with Gasteiger partial charge in [-0.05, 0) is 18.6 Å². The van der Waals surface area contributed by atoms with Crippen LogP contribution in [-0.4, -0.2) is 35.7 Å². The number of aliphatic carboxylic acids is 1. The fourth-order valence-electron chi connectivity index (χ4n) is 1.41. The van der Waals surface area contributed by atoms with E-state index in [9.17, 15) is 14.7 Å². The molecule has 6 nitrogen and oxygen atoms in total. The van der Waals surface area contributed by atoms with E-state index in [0.29, 0.717) is 6.42 Å². The van der Waals surface area contributed by atoms with Gasteiger partial charge in [-0.15, -0.1) is 0 Å². The SMILES string of the molecule is COc1cccc(C(=O)NCCCC(=O)O)c1O. The van der Waals surface area contributed by atoms with E-state index in [4.69, 9.17) is 9.84 Å². The van der Waals surface area contributed by atoms with Crippen LogP contribution >= 0.6 is 0 Å². The van der Waals surface area contributed by atoms with Crippen LogP contribution < -0.4 is 10.1 Å². The Balaban J connectivity index is 2.59. The van der Waals surface area contributed by atoms with Crippen molar-refractivity contribution >= 4 is 11.9 Å². The first kappa shape index (κ1) is 13.8. The fraction of sp³-hybridized carbons (Fsp3) is 0.333. The summed E-state index contributed by atoms with van der Waals surface area (Å²) < 4.78 is 4.89. The minimum atomic E-state index is -0.909. The summed E-state index contributed by atoms with van der Waals surface area (Å²) in [5, 5.41) is 20.7. The molecule has 0 aliphatic rings. The monoisotopic (exact) mass is 253 g/mol. The standard InChI is InChI=1S/C12H15NO5/c1-18-9-5-2-4-8(11(9)16)12(17)13-7-3-6-10(14)15/h2,4-5,16H,3,6-7H2,1H3,(H,13,17)(H,14,15). The molecule has 1 rings (SSSR count). The number of methoxy groups -OCH3 is 1. The van der Waals surface area contributed by atoms with Gasteiger partial charge in [0.15, 0.2) is 11.5 Å². The zero-order valence-electron chi connectivity index (χ0n) is 9.97. The Morgan fingerprint density at radius 1 is 1.39 bits per heavy atom. The molecule has 1 amide bonds. The Kier molecular flexibility index (Phi) is 4.98. The summed E-state index contributed by atoms with van der Waals surface area (Å²) in [6.45, 7) is 0.238. The van der Waals surface area contributed by atoms with Gasteiger partial charge >= 0.3 is 5.97 Å². The van der Waals surface area contributed by atoms with Gasteiger partial charge in [0.25, 0.3) is 5.91 Å². The molecule has 0 unspecified atom stereocenters. The lowest BCUT2D eigenvalue weighted by Crippen LogP contribution is -2.25. The van der Waals surface area contributed by atoms with Crippen molar-refractivity contribution < 1.29 is 24.5 Å². The number of phenolic OH excluding ortho intramolecular Hbond substituents is 1. The summed E-state index contributed by atoms with van der Waals surface area (Å²) in [6.07, 6.45) is 0.330. The fourth-order valence-corrected chi connectivity index (χ4v) is 1.41. The summed E-state index contributed by atoms with van der Waals surface area (Å²) in [5.41, 5.74) is 0.102. The van der Waals surface area contributed by atoms with E-state index in [1.165, 1.54) is 19.2 Å². The molecule has 0 atom stereocenters. The van der Waals surface area contributed by atoms with E-state index >= 15 is 0 Å². The summed E-state index contributed by atoms with van der Waals surface area (Å²) in [6, 6.07) is 4.59. The highest BCUT2D eigenvalue weighted by Gasteiger charge is 2.14. The predicted octanol–water partition coefficient (Wildman–Crippen LogP) is 0.995. The lowest BCUT2D eigenvalue weighted by Gasteiger charge is -2.08. The van der Waals surface area contributed by atoms with Gasteiger partial charge in [0.1, 0.15) is 0 Å². The molecule has 98 valence electrons. The molecule has 0 fully saturated rings. The molecule has 1 aromatic rings. The number of nitrogens with one attached hydrogen (secondary N) is 1. The Hall–Kier alpha value is -2.24. The quantitative estimate of drug-likeness (QED) is 0.657. The number of carboxylic acid groups (broad SMARTS) is 1. The van der Waals surface area contributed by atoms with Gasteiger partial charge in [-0.3, -0.25) is 9.59 Å². The third-order valence-corrected chi connectivity index (χ3v) is 2.32. The van der Waals surface area contributed by atoms with Gasteiger partial charge in [-0.25, -0.2) is 0 Å². The first-order chi connectivity index (χ1) is 8.56. The third-order valence-electron chi connectivity index (χ3n) is 2.32. The van der Waals surface area contributed by atoms with E-state index in [2.05, 4.69) is 5.32 Å². The van der Waals surface area contributed by atoms with Crippen molar-refractivity contribution in [2.75, 3.05) is 13.7 Å². The molecule has 0 aromatic heterocycles. The third kappa shape index (κ3) is 3.65. The summed E-state index contributed by atoms with van der Waals surface area (Å²) in [4.78, 5) is 22.0. The zero-order valence-corrected chi connectivity index (χ0v) is 9.97. The summed E-state index contributed by atoms with van der Waals surface area (Å²) in [5.74, 6) is -1.38. The molecule has 0 aliphatic carbocycles. The van der Waals surface area contributed by atoms with Crippen molar-refractivity contribution in [3.63, 3.8) is 0 Å². The van der Waals surface area contributed by atoms with Crippen LogP contribution in [-0.2, 0) is 4.79 Å². The number of para-hydroxylation sites is 1. The molecule has 0 saturated carbocycles. The molecular weight excluding hydrogens is 238 g/mol. The Bertz CT molecular complexity index is 444. The highest BCUT2D eigenvalue weighted by atomic mass is 16.5. The minimum absolute atomic E-state index is 0.00955. The summed E-state index contributed by atoms with van der Waals surface area (Å²) >= 11 is 0. The van der Waals surface area contributed by atoms with Crippen molar-refractivity contribution in [3.05, 3.63) is 23.8 Å². The van der Waals surface area contributed by atoms with Crippen LogP contribution in [0.4, 0.5) is 0 Å². The van der Waals surface area contributed by atoms with Crippen molar-refractivity contribution in [2.45, 2.75) is 12.8 Å². The zero-order chi connectivity index (χ0) is 13.5. The molecule has 18 heavy (non-hydrogen) atoms. The van der Waals surface area contributed by atoms with Crippen LogP contribution in [0, 0.1) is 0 Å². The second-order valence-electron chi connectivity index (χ2n) is 3.61. The summed E-state index contributed by atoms with van der Waals surface area (Å²) in [7, 11) is 1.39. The Morgan fingerprint density at radius 2 is 2.11 bits per heavy atom. The number of phenols is 1. The van der Waals surface area contributed by atoms with Crippen LogP contribution in [0.1, 0.15) is 23.2 Å². The van der Waals surface area contributed by atoms with Crippen LogP contribution in [0.3, 0.4) is 0 Å². The smallest absolute Gasteiger partial charge is 0.303 e. The number of carbonyl (C=O) groups excluding carboxylic acids is 1. The maximum atomic E-state index is 11.7. The number of hydrogen-bond donors (Lipinski definition) is 3. The molecule has 0 heterocycles. The molecule has 1 aromatic carbocycles. The lowest BCUT2D eigenvalue weighted by atomic mass is 10.1. The molecule has 0 bridgehead atoms. The average Bonchev–Trinajstić information content (AvgIpc) is 2.34. The Labute approximate surface area is 104 Å². The number of aromatic hydroxyl groups is 1. The number of amides is 1. The van der Waals surface area contributed by atoms with E-state index in [1.807, 2.05) is 0 Å². The molecule has 6 heteroatoms. The second-order valence-corrected chi connectivity index (χ2v) is 3.61. The maximum Gasteiger partial charge on any atom is 0.303 e. The number of ether oxygens (including phenoxy) is 1. The number of rotatable bonds is 6. The highest BCUT2D eigenvalue weighted by molar-refractivity contribution is 5.97. The van der Waals surface area contributed by atoms with Gasteiger partial charge in [0.05, 0.1) is 12.7 Å². The first-order valence-electron chi connectivity index (χ1n) is 5.42. The second kappa shape index (κ2) is 6.48. The number of carbonyl (C=O) groups is 2. The van der Waals surface area contributed by atoms with Crippen molar-refractivity contribution in [3.8, 4) is 11.5 Å². The lowest BCUT2D eigenvalue weighted by molar-refractivity contribution is -0.137. The molecule has 0 aliphatic heterocycles. The van der Waals surface area contributed by atoms with E-state index in [-0.39, 0.29) is 30.0 Å². The average molecular weight is 253 g/mol. The van der Waals surface area contributed by atoms with Gasteiger partial charge in [0, 0.05) is 13.0 Å². The van der Waals surface area contributed by atoms with Crippen LogP contribution in [0.5, 0.6) is 11.5 Å². The van der Waals surface area contributed by atoms with Crippen LogP contribution in [0.2, 0.25) is 0 Å². The number of carboxylic acids is 1. The van der Waals surface area contributed by atoms with Gasteiger partial charge in [0.2, 0.25) is 0 Å². The van der Waals surface area contributed by atoms with Crippen molar-refractivity contribution in [1.29, 1.82) is 0 Å². The molecule has 3 N–H and O–H groups in total. The maximum absolute atomic E-state index is 11.7. The predicted molar refractivity (Wildman–Crippen MR) is 63.9 cm³/mol. The van der Waals surface area contributed by atoms with Gasteiger partial charge in [-0.1, -0.05) is 6.07 Å². The van der Waals surface area contributed by atoms with E-state index in [1.54, 1.807) is 6.07 Å². The van der Waals surface area contributed by atoms with Gasteiger partial charge < -0.3 is 20.3 Å². The van der Waals surface area contributed by atoms with Crippen molar-refractivity contribution in [2.24, 2.45) is 0 Å². The van der Waals surface area contributed by atoms with Gasteiger partial charge in [-0.2, -0.15) is 0 Å². The molecule has 0 saturated heterocycles. The molecule has 0 spiro atoms. The first-order valence-corrected chi connectivity index (χ1v) is 5.42. The van der Waals surface area contributed by atoms with E-state index < -0.39 is 11.9 Å². The normalized spacial score (nSPS) is 9.83. The Morgan fingerprint density at radius 3 is 2.72 bits per heavy atom. The van der Waals surface area contributed by atoms with Crippen LogP contribution in [0.25, 0.3) is 0 Å². The number of hydrogen-bond acceptors (Lipinski definition) is 4. The number of benzene rings is 1. The highest BCUT2D eigenvalue weighted by Crippen LogP contribution is 2.29.